The first-order valence-corrected chi connectivity index (χ1v) is 11.5. The summed E-state index contributed by atoms with van der Waals surface area (Å²) in [5.74, 6) is 0.902. The van der Waals surface area contributed by atoms with Crippen molar-refractivity contribution in [2.75, 3.05) is 7.11 Å². The lowest BCUT2D eigenvalue weighted by Gasteiger charge is -2.19. The zero-order chi connectivity index (χ0) is 23.3. The first-order chi connectivity index (χ1) is 15.4. The maximum Gasteiger partial charge on any atom is 0.293 e. The molecule has 1 saturated heterocycles. The van der Waals surface area contributed by atoms with Crippen LogP contribution in [0.4, 0.5) is 4.79 Å². The Labute approximate surface area is 198 Å². The van der Waals surface area contributed by atoms with Gasteiger partial charge in [0.25, 0.3) is 11.1 Å². The second kappa shape index (κ2) is 10.7. The number of halogens is 1. The van der Waals surface area contributed by atoms with Gasteiger partial charge < -0.3 is 9.47 Å². The van der Waals surface area contributed by atoms with E-state index in [2.05, 4.69) is 6.58 Å². The van der Waals surface area contributed by atoms with E-state index in [0.717, 1.165) is 28.5 Å². The van der Waals surface area contributed by atoms with E-state index in [1.807, 2.05) is 44.2 Å². The number of thioether (sulfide) groups is 1. The summed E-state index contributed by atoms with van der Waals surface area (Å²) in [5.41, 5.74) is 2.61. The highest BCUT2D eigenvalue weighted by Gasteiger charge is 2.37. The van der Waals surface area contributed by atoms with Crippen molar-refractivity contribution in [2.24, 2.45) is 0 Å². The molecule has 5 nitrogen and oxygen atoms in total. The first kappa shape index (κ1) is 24.0. The maximum absolute atomic E-state index is 12.8. The Morgan fingerprint density at radius 3 is 2.56 bits per heavy atom. The molecule has 1 aliphatic rings. The van der Waals surface area contributed by atoms with Gasteiger partial charge in [-0.2, -0.15) is 0 Å². The van der Waals surface area contributed by atoms with Gasteiger partial charge in [0.05, 0.1) is 12.0 Å². The summed E-state index contributed by atoms with van der Waals surface area (Å²) in [6.07, 6.45) is 4.78. The number of hydrogen-bond donors (Lipinski definition) is 0. The van der Waals surface area contributed by atoms with Crippen LogP contribution in [0, 0.1) is 0 Å². The van der Waals surface area contributed by atoms with Crippen LogP contribution in [0.1, 0.15) is 37.0 Å². The Kier molecular flexibility index (Phi) is 8.04. The van der Waals surface area contributed by atoms with E-state index in [4.69, 9.17) is 21.1 Å². The van der Waals surface area contributed by atoms with Crippen molar-refractivity contribution in [3.63, 3.8) is 0 Å². The number of rotatable bonds is 9. The molecular formula is C25H26ClNO4S. The van der Waals surface area contributed by atoms with Gasteiger partial charge in [-0.25, -0.2) is 0 Å². The van der Waals surface area contributed by atoms with E-state index in [1.165, 1.54) is 4.90 Å². The summed E-state index contributed by atoms with van der Waals surface area (Å²) in [6, 6.07) is 11.0. The number of allylic oxidation sites excluding steroid dienone is 1. The van der Waals surface area contributed by atoms with Gasteiger partial charge in [-0.15, -0.1) is 6.58 Å². The van der Waals surface area contributed by atoms with Crippen molar-refractivity contribution in [1.82, 2.24) is 4.90 Å². The molecule has 0 N–H and O–H groups in total. The van der Waals surface area contributed by atoms with Gasteiger partial charge in [-0.05, 0) is 73.0 Å². The fraction of sp³-hybridized carbons (Fsp3) is 0.280. The number of imide groups is 1. The van der Waals surface area contributed by atoms with Crippen LogP contribution in [0.25, 0.3) is 6.08 Å². The SMILES string of the molecule is C=CCc1cc(/C=C2/SC(=O)N([C@H](C)CC)C2=O)cc(OC)c1OCc1ccc(Cl)cc1. The summed E-state index contributed by atoms with van der Waals surface area (Å²) in [4.78, 5) is 26.8. The quantitative estimate of drug-likeness (QED) is 0.309. The molecule has 3 rings (SSSR count). The van der Waals surface area contributed by atoms with Crippen molar-refractivity contribution in [3.8, 4) is 11.5 Å². The molecule has 0 bridgehead atoms. The van der Waals surface area contributed by atoms with Crippen molar-refractivity contribution in [1.29, 1.82) is 0 Å². The molecule has 1 heterocycles. The highest BCUT2D eigenvalue weighted by atomic mass is 35.5. The predicted octanol–water partition coefficient (Wildman–Crippen LogP) is 6.49. The number of carbonyl (C=O) groups excluding carboxylic acids is 2. The average Bonchev–Trinajstić information content (AvgIpc) is 3.06. The highest BCUT2D eigenvalue weighted by Crippen LogP contribution is 2.38. The number of amides is 2. The summed E-state index contributed by atoms with van der Waals surface area (Å²) >= 11 is 6.92. The minimum atomic E-state index is -0.262. The van der Waals surface area contributed by atoms with E-state index in [0.29, 0.717) is 40.9 Å². The van der Waals surface area contributed by atoms with Crippen LogP contribution in [0.2, 0.25) is 5.02 Å². The molecule has 168 valence electrons. The topological polar surface area (TPSA) is 55.8 Å². The van der Waals surface area contributed by atoms with E-state index in [1.54, 1.807) is 25.3 Å². The summed E-state index contributed by atoms with van der Waals surface area (Å²) in [6.45, 7) is 8.01. The van der Waals surface area contributed by atoms with E-state index >= 15 is 0 Å². The van der Waals surface area contributed by atoms with Gasteiger partial charge in [-0.1, -0.05) is 36.7 Å². The lowest BCUT2D eigenvalue weighted by molar-refractivity contribution is -0.124. The molecule has 1 aliphatic heterocycles. The summed E-state index contributed by atoms with van der Waals surface area (Å²) < 4.78 is 11.7. The minimum Gasteiger partial charge on any atom is -0.493 e. The lowest BCUT2D eigenvalue weighted by Crippen LogP contribution is -2.36. The Hall–Kier alpha value is -2.70. The Morgan fingerprint density at radius 2 is 1.94 bits per heavy atom. The number of hydrogen-bond acceptors (Lipinski definition) is 5. The number of nitrogens with zero attached hydrogens (tertiary/aromatic N) is 1. The van der Waals surface area contributed by atoms with Crippen LogP contribution >= 0.6 is 23.4 Å². The predicted molar refractivity (Wildman–Crippen MR) is 130 cm³/mol. The van der Waals surface area contributed by atoms with Gasteiger partial charge >= 0.3 is 0 Å². The molecule has 0 radical (unpaired) electrons. The third-order valence-electron chi connectivity index (χ3n) is 5.19. The molecule has 0 aromatic heterocycles. The molecule has 0 saturated carbocycles. The highest BCUT2D eigenvalue weighted by molar-refractivity contribution is 8.18. The number of benzene rings is 2. The summed E-state index contributed by atoms with van der Waals surface area (Å²) in [5, 5.41) is 0.428. The Morgan fingerprint density at radius 1 is 1.22 bits per heavy atom. The molecule has 32 heavy (non-hydrogen) atoms. The van der Waals surface area contributed by atoms with E-state index in [-0.39, 0.29) is 17.2 Å². The fourth-order valence-corrected chi connectivity index (χ4v) is 4.38. The standard InChI is InChI=1S/C25H26ClNO4S/c1-5-7-19-12-18(14-22-24(28)27(16(3)6-2)25(29)32-22)13-21(30-4)23(19)31-15-17-8-10-20(26)11-9-17/h5,8-14,16H,1,6-7,15H2,2-4H3/b22-14+/t16-/m1/s1. The van der Waals surface area contributed by atoms with Crippen LogP contribution in [0.15, 0.2) is 54.0 Å². The minimum absolute atomic E-state index is 0.136. The lowest BCUT2D eigenvalue weighted by atomic mass is 10.0. The molecule has 7 heteroatoms. The Balaban J connectivity index is 1.91. The second-order valence-electron chi connectivity index (χ2n) is 7.43. The van der Waals surface area contributed by atoms with Gasteiger partial charge in [-0.3, -0.25) is 14.5 Å². The van der Waals surface area contributed by atoms with Crippen molar-refractivity contribution >= 4 is 40.6 Å². The van der Waals surface area contributed by atoms with E-state index < -0.39 is 0 Å². The molecule has 2 aromatic carbocycles. The van der Waals surface area contributed by atoms with Crippen molar-refractivity contribution < 1.29 is 19.1 Å². The zero-order valence-corrected chi connectivity index (χ0v) is 20.0. The smallest absolute Gasteiger partial charge is 0.293 e. The monoisotopic (exact) mass is 471 g/mol. The zero-order valence-electron chi connectivity index (χ0n) is 18.4. The van der Waals surface area contributed by atoms with Gasteiger partial charge in [0.15, 0.2) is 11.5 Å². The number of methoxy groups -OCH3 is 1. The average molecular weight is 472 g/mol. The van der Waals surface area contributed by atoms with Gasteiger partial charge in [0, 0.05) is 16.6 Å². The second-order valence-corrected chi connectivity index (χ2v) is 8.86. The maximum atomic E-state index is 12.8. The largest absolute Gasteiger partial charge is 0.493 e. The normalized spacial score (nSPS) is 15.9. The molecule has 1 atom stereocenters. The third-order valence-corrected chi connectivity index (χ3v) is 6.32. The van der Waals surface area contributed by atoms with Crippen molar-refractivity contribution in [3.05, 3.63) is 75.7 Å². The molecule has 1 fully saturated rings. The summed E-state index contributed by atoms with van der Waals surface area (Å²) in [7, 11) is 1.57. The number of ether oxygens (including phenoxy) is 2. The fourth-order valence-electron chi connectivity index (χ4n) is 3.32. The first-order valence-electron chi connectivity index (χ1n) is 10.3. The molecule has 0 unspecified atom stereocenters. The van der Waals surface area contributed by atoms with Gasteiger partial charge in [0.1, 0.15) is 6.61 Å². The van der Waals surface area contributed by atoms with Crippen LogP contribution in [-0.2, 0) is 17.8 Å². The molecular weight excluding hydrogens is 446 g/mol. The van der Waals surface area contributed by atoms with E-state index in [9.17, 15) is 9.59 Å². The van der Waals surface area contributed by atoms with Gasteiger partial charge in [0.2, 0.25) is 0 Å². The van der Waals surface area contributed by atoms with Crippen molar-refractivity contribution in [2.45, 2.75) is 39.3 Å². The third kappa shape index (κ3) is 5.37. The van der Waals surface area contributed by atoms with Crippen LogP contribution in [0.5, 0.6) is 11.5 Å². The molecule has 0 spiro atoms. The number of carbonyl (C=O) groups is 2. The van der Waals surface area contributed by atoms with Crippen LogP contribution in [0.3, 0.4) is 0 Å². The molecule has 0 aliphatic carbocycles. The molecule has 2 amide bonds. The van der Waals surface area contributed by atoms with Crippen LogP contribution in [-0.4, -0.2) is 29.2 Å². The van der Waals surface area contributed by atoms with Crippen LogP contribution < -0.4 is 9.47 Å². The molecule has 2 aromatic rings. The Bertz CT molecular complexity index is 1050.